The first kappa shape index (κ1) is 15.5. The van der Waals surface area contributed by atoms with Crippen LogP contribution in [0.15, 0.2) is 23.1 Å². The van der Waals surface area contributed by atoms with E-state index in [2.05, 4.69) is 10.0 Å². The first-order valence-corrected chi connectivity index (χ1v) is 9.86. The maximum Gasteiger partial charge on any atom is 0.240 e. The number of hydrogen-bond donors (Lipinski definition) is 2. The molecule has 7 heteroatoms. The van der Waals surface area contributed by atoms with E-state index in [1.807, 2.05) is 6.07 Å². The Hall–Kier alpha value is -0.920. The molecule has 2 rings (SSSR count). The third-order valence-electron chi connectivity index (χ3n) is 3.23. The molecule has 0 bridgehead atoms. The van der Waals surface area contributed by atoms with Crippen LogP contribution in [0.5, 0.6) is 0 Å². The Morgan fingerprint density at radius 2 is 2.20 bits per heavy atom. The fourth-order valence-electron chi connectivity index (χ4n) is 2.17. The lowest BCUT2D eigenvalue weighted by Crippen LogP contribution is -2.26. The van der Waals surface area contributed by atoms with Gasteiger partial charge in [0.25, 0.3) is 0 Å². The zero-order chi connectivity index (χ0) is 14.6. The molecular formula is C13H20N2O3S2. The minimum atomic E-state index is -3.48. The van der Waals surface area contributed by atoms with Crippen LogP contribution in [-0.2, 0) is 27.2 Å². The van der Waals surface area contributed by atoms with Crippen LogP contribution in [0.4, 0.5) is 5.69 Å². The van der Waals surface area contributed by atoms with E-state index in [0.717, 1.165) is 30.6 Å². The average molecular weight is 316 g/mol. The quantitative estimate of drug-likeness (QED) is 0.771. The van der Waals surface area contributed by atoms with Gasteiger partial charge in [0, 0.05) is 41.6 Å². The van der Waals surface area contributed by atoms with Gasteiger partial charge in [-0.25, -0.2) is 13.1 Å². The summed E-state index contributed by atoms with van der Waals surface area (Å²) in [6.45, 7) is 1.19. The molecule has 0 radical (unpaired) electrons. The molecule has 5 nitrogen and oxygen atoms in total. The first-order valence-electron chi connectivity index (χ1n) is 6.65. The second kappa shape index (κ2) is 6.69. The Bertz CT molecular complexity index is 600. The van der Waals surface area contributed by atoms with E-state index < -0.39 is 20.8 Å². The first-order chi connectivity index (χ1) is 9.49. The molecule has 1 unspecified atom stereocenters. The molecule has 1 aromatic rings. The topological polar surface area (TPSA) is 75.3 Å². The maximum absolute atomic E-state index is 12.1. The number of sulfonamides is 1. The number of benzene rings is 1. The molecule has 0 fully saturated rings. The van der Waals surface area contributed by atoms with Crippen LogP contribution in [0.25, 0.3) is 0 Å². The SMILES string of the molecule is CS(=O)CCCNS(=O)(=O)c1ccc2c(c1)NCCC2. The second-order valence-corrected chi connectivity index (χ2v) is 8.20. The summed E-state index contributed by atoms with van der Waals surface area (Å²) in [5.74, 6) is 0.508. The van der Waals surface area contributed by atoms with E-state index in [4.69, 9.17) is 0 Å². The number of aryl methyl sites for hydroxylation is 1. The van der Waals surface area contributed by atoms with Crippen molar-refractivity contribution in [1.82, 2.24) is 4.72 Å². The van der Waals surface area contributed by atoms with Gasteiger partial charge in [0.1, 0.15) is 0 Å². The number of hydrogen-bond acceptors (Lipinski definition) is 4. The van der Waals surface area contributed by atoms with E-state index in [1.54, 1.807) is 18.4 Å². The van der Waals surface area contributed by atoms with Gasteiger partial charge in [0.15, 0.2) is 0 Å². The highest BCUT2D eigenvalue weighted by molar-refractivity contribution is 7.89. The summed E-state index contributed by atoms with van der Waals surface area (Å²) >= 11 is 0. The van der Waals surface area contributed by atoms with Crippen molar-refractivity contribution < 1.29 is 12.6 Å². The Morgan fingerprint density at radius 3 is 2.95 bits per heavy atom. The summed E-state index contributed by atoms with van der Waals surface area (Å²) in [5, 5.41) is 3.22. The molecule has 0 aromatic heterocycles. The molecule has 2 N–H and O–H groups in total. The highest BCUT2D eigenvalue weighted by Gasteiger charge is 2.17. The van der Waals surface area contributed by atoms with Crippen LogP contribution in [0.3, 0.4) is 0 Å². The van der Waals surface area contributed by atoms with Crippen LogP contribution < -0.4 is 10.0 Å². The van der Waals surface area contributed by atoms with E-state index in [9.17, 15) is 12.6 Å². The Balaban J connectivity index is 2.03. The van der Waals surface area contributed by atoms with Crippen molar-refractivity contribution in [2.24, 2.45) is 0 Å². The third-order valence-corrected chi connectivity index (χ3v) is 5.55. The van der Waals surface area contributed by atoms with Crippen molar-refractivity contribution in [2.45, 2.75) is 24.2 Å². The zero-order valence-corrected chi connectivity index (χ0v) is 13.1. The van der Waals surface area contributed by atoms with E-state index in [-0.39, 0.29) is 4.90 Å². The van der Waals surface area contributed by atoms with Gasteiger partial charge in [0.05, 0.1) is 4.90 Å². The van der Waals surface area contributed by atoms with Crippen molar-refractivity contribution in [3.8, 4) is 0 Å². The lowest BCUT2D eigenvalue weighted by Gasteiger charge is -2.18. The Labute approximate surface area is 122 Å². The highest BCUT2D eigenvalue weighted by atomic mass is 32.2. The van der Waals surface area contributed by atoms with E-state index >= 15 is 0 Å². The molecule has 1 atom stereocenters. The zero-order valence-electron chi connectivity index (χ0n) is 11.5. The molecule has 0 saturated heterocycles. The predicted molar refractivity (Wildman–Crippen MR) is 82.0 cm³/mol. The fraction of sp³-hybridized carbons (Fsp3) is 0.538. The molecule has 0 aliphatic carbocycles. The van der Waals surface area contributed by atoms with Gasteiger partial charge in [-0.05, 0) is 37.0 Å². The average Bonchev–Trinajstić information content (AvgIpc) is 2.43. The molecule has 1 heterocycles. The van der Waals surface area contributed by atoms with Gasteiger partial charge in [-0.3, -0.25) is 4.21 Å². The van der Waals surface area contributed by atoms with E-state index in [1.165, 1.54) is 0 Å². The largest absolute Gasteiger partial charge is 0.385 e. The smallest absolute Gasteiger partial charge is 0.240 e. The molecule has 1 aromatic carbocycles. The Morgan fingerprint density at radius 1 is 1.40 bits per heavy atom. The third kappa shape index (κ3) is 4.04. The standard InChI is InChI=1S/C13H20N2O3S2/c1-19(16)9-3-8-15-20(17,18)12-6-5-11-4-2-7-14-13(11)10-12/h5-6,10,14-15H,2-4,7-9H2,1H3. The summed E-state index contributed by atoms with van der Waals surface area (Å²) in [4.78, 5) is 0.281. The minimum absolute atomic E-state index is 0.281. The van der Waals surface area contributed by atoms with Crippen LogP contribution in [-0.4, -0.2) is 37.7 Å². The second-order valence-electron chi connectivity index (χ2n) is 4.88. The van der Waals surface area contributed by atoms with Crippen LogP contribution in [0.2, 0.25) is 0 Å². The molecule has 20 heavy (non-hydrogen) atoms. The number of rotatable bonds is 6. The molecule has 0 spiro atoms. The molecule has 112 valence electrons. The van der Waals surface area contributed by atoms with Gasteiger partial charge in [-0.1, -0.05) is 6.07 Å². The van der Waals surface area contributed by atoms with Crippen molar-refractivity contribution >= 4 is 26.5 Å². The summed E-state index contributed by atoms with van der Waals surface area (Å²) in [6, 6.07) is 5.21. The van der Waals surface area contributed by atoms with Gasteiger partial charge in [-0.15, -0.1) is 0 Å². The highest BCUT2D eigenvalue weighted by Crippen LogP contribution is 2.24. The molecule has 1 aliphatic heterocycles. The number of anilines is 1. The van der Waals surface area contributed by atoms with Gasteiger partial charge in [0.2, 0.25) is 10.0 Å². The Kier molecular flexibility index (Phi) is 5.17. The maximum atomic E-state index is 12.1. The number of fused-ring (bicyclic) bond motifs is 1. The molecular weight excluding hydrogens is 296 g/mol. The van der Waals surface area contributed by atoms with Crippen molar-refractivity contribution in [2.75, 3.05) is 30.4 Å². The van der Waals surface area contributed by atoms with Gasteiger partial charge in [-0.2, -0.15) is 0 Å². The van der Waals surface area contributed by atoms with Crippen LogP contribution in [0.1, 0.15) is 18.4 Å². The van der Waals surface area contributed by atoms with Gasteiger partial charge < -0.3 is 5.32 Å². The van der Waals surface area contributed by atoms with Gasteiger partial charge >= 0.3 is 0 Å². The molecule has 0 saturated carbocycles. The van der Waals surface area contributed by atoms with Crippen molar-refractivity contribution in [3.05, 3.63) is 23.8 Å². The predicted octanol–water partition coefficient (Wildman–Crippen LogP) is 1.09. The normalized spacial score (nSPS) is 16.2. The molecule has 1 aliphatic rings. The lowest BCUT2D eigenvalue weighted by molar-refractivity contribution is 0.580. The van der Waals surface area contributed by atoms with Crippen LogP contribution >= 0.6 is 0 Å². The van der Waals surface area contributed by atoms with Crippen molar-refractivity contribution in [3.63, 3.8) is 0 Å². The summed E-state index contributed by atoms with van der Waals surface area (Å²) in [7, 11) is -4.37. The number of nitrogens with one attached hydrogen (secondary N) is 2. The van der Waals surface area contributed by atoms with Crippen molar-refractivity contribution in [1.29, 1.82) is 0 Å². The monoisotopic (exact) mass is 316 g/mol. The van der Waals surface area contributed by atoms with E-state index in [0.29, 0.717) is 18.7 Å². The molecule has 0 amide bonds. The lowest BCUT2D eigenvalue weighted by atomic mass is 10.0. The van der Waals surface area contributed by atoms with Crippen LogP contribution in [0, 0.1) is 0 Å². The minimum Gasteiger partial charge on any atom is -0.385 e. The fourth-order valence-corrected chi connectivity index (χ4v) is 3.82. The summed E-state index contributed by atoms with van der Waals surface area (Å²) in [6.07, 6.45) is 4.25. The summed E-state index contributed by atoms with van der Waals surface area (Å²) in [5.41, 5.74) is 2.07. The summed E-state index contributed by atoms with van der Waals surface area (Å²) < 4.78 is 37.8.